The Hall–Kier alpha value is -3.28. The minimum absolute atomic E-state index is 0.183. The zero-order valence-electron chi connectivity index (χ0n) is 15.1. The van der Waals surface area contributed by atoms with E-state index in [-0.39, 0.29) is 13.2 Å². The molecule has 1 unspecified atom stereocenters. The van der Waals surface area contributed by atoms with Gasteiger partial charge in [0.2, 0.25) is 0 Å². The van der Waals surface area contributed by atoms with Crippen LogP contribution in [0.15, 0.2) is 65.2 Å². The third kappa shape index (κ3) is 3.03. The summed E-state index contributed by atoms with van der Waals surface area (Å²) in [6.07, 6.45) is -0.796. The molecule has 0 saturated carbocycles. The highest BCUT2D eigenvalue weighted by molar-refractivity contribution is 5.95. The lowest BCUT2D eigenvalue weighted by Crippen LogP contribution is -2.28. The second kappa shape index (κ2) is 6.79. The molecule has 0 bridgehead atoms. The monoisotopic (exact) mass is 365 g/mol. The third-order valence-electron chi connectivity index (χ3n) is 4.71. The standard InChI is InChI=1S/C21H19NO5/c1-3-25-21(24)27-19-12(2)22-16-11-26-20(23)18(16)17(19)15-9-8-13-6-4-5-7-14(13)10-15/h4-10,17,22H,3,11H2,1-2H3. The van der Waals surface area contributed by atoms with Crippen LogP contribution in [0.1, 0.15) is 25.3 Å². The van der Waals surface area contributed by atoms with Crippen LogP contribution < -0.4 is 5.32 Å². The second-order valence-electron chi connectivity index (χ2n) is 6.41. The Morgan fingerprint density at radius 2 is 2.00 bits per heavy atom. The molecule has 1 N–H and O–H groups in total. The molecule has 0 spiro atoms. The van der Waals surface area contributed by atoms with Crippen molar-refractivity contribution in [2.24, 2.45) is 0 Å². The first-order valence-corrected chi connectivity index (χ1v) is 8.79. The van der Waals surface area contributed by atoms with Crippen molar-refractivity contribution in [1.29, 1.82) is 0 Å². The van der Waals surface area contributed by atoms with Crippen molar-refractivity contribution in [3.8, 4) is 0 Å². The maximum Gasteiger partial charge on any atom is 0.513 e. The van der Waals surface area contributed by atoms with Gasteiger partial charge in [-0.25, -0.2) is 9.59 Å². The maximum absolute atomic E-state index is 12.4. The van der Waals surface area contributed by atoms with E-state index in [2.05, 4.69) is 5.32 Å². The molecule has 4 rings (SSSR count). The average molecular weight is 365 g/mol. The van der Waals surface area contributed by atoms with Crippen molar-refractivity contribution < 1.29 is 23.8 Å². The molecule has 27 heavy (non-hydrogen) atoms. The van der Waals surface area contributed by atoms with E-state index in [1.165, 1.54) is 0 Å². The van der Waals surface area contributed by atoms with E-state index >= 15 is 0 Å². The fraction of sp³-hybridized carbons (Fsp3) is 0.238. The van der Waals surface area contributed by atoms with Crippen molar-refractivity contribution in [2.75, 3.05) is 13.2 Å². The highest BCUT2D eigenvalue weighted by Gasteiger charge is 2.41. The van der Waals surface area contributed by atoms with Crippen molar-refractivity contribution in [1.82, 2.24) is 5.32 Å². The number of fused-ring (bicyclic) bond motifs is 1. The summed E-state index contributed by atoms with van der Waals surface area (Å²) < 4.78 is 15.6. The number of cyclic esters (lactones) is 1. The van der Waals surface area contributed by atoms with Gasteiger partial charge >= 0.3 is 12.1 Å². The summed E-state index contributed by atoms with van der Waals surface area (Å²) in [5.74, 6) is -0.597. The molecular weight excluding hydrogens is 346 g/mol. The number of carbonyl (C=O) groups excluding carboxylic acids is 2. The first kappa shape index (κ1) is 17.1. The number of nitrogens with one attached hydrogen (secondary N) is 1. The van der Waals surface area contributed by atoms with E-state index in [1.807, 2.05) is 42.5 Å². The molecular formula is C21H19NO5. The van der Waals surface area contributed by atoms with Gasteiger partial charge in [0.25, 0.3) is 0 Å². The lowest BCUT2D eigenvalue weighted by molar-refractivity contribution is -0.136. The normalized spacial score (nSPS) is 18.9. The number of carbonyl (C=O) groups is 2. The Kier molecular flexibility index (Phi) is 4.32. The average Bonchev–Trinajstić information content (AvgIpc) is 3.02. The second-order valence-corrected chi connectivity index (χ2v) is 6.41. The van der Waals surface area contributed by atoms with Gasteiger partial charge in [-0.3, -0.25) is 0 Å². The Labute approximate surface area is 156 Å². The number of benzene rings is 2. The van der Waals surface area contributed by atoms with Gasteiger partial charge in [-0.05, 0) is 30.2 Å². The molecule has 2 aliphatic heterocycles. The molecule has 2 aliphatic rings. The molecule has 2 heterocycles. The number of hydrogen-bond acceptors (Lipinski definition) is 6. The highest BCUT2D eigenvalue weighted by atomic mass is 16.7. The van der Waals surface area contributed by atoms with Gasteiger partial charge in [0.15, 0.2) is 0 Å². The fourth-order valence-electron chi connectivity index (χ4n) is 3.53. The number of rotatable bonds is 3. The van der Waals surface area contributed by atoms with Crippen molar-refractivity contribution >= 4 is 22.9 Å². The number of allylic oxidation sites excluding steroid dienone is 2. The Morgan fingerprint density at radius 1 is 1.22 bits per heavy atom. The minimum atomic E-state index is -0.796. The Morgan fingerprint density at radius 3 is 2.78 bits per heavy atom. The molecule has 2 aromatic carbocycles. The number of dihydropyridines is 1. The van der Waals surface area contributed by atoms with Crippen LogP contribution in [0.25, 0.3) is 10.8 Å². The third-order valence-corrected chi connectivity index (χ3v) is 4.71. The van der Waals surface area contributed by atoms with Gasteiger partial charge in [0.1, 0.15) is 12.4 Å². The van der Waals surface area contributed by atoms with Crippen molar-refractivity contribution in [3.63, 3.8) is 0 Å². The fourth-order valence-corrected chi connectivity index (χ4v) is 3.53. The maximum atomic E-state index is 12.4. The van der Waals surface area contributed by atoms with Crippen LogP contribution in [-0.2, 0) is 19.0 Å². The van der Waals surface area contributed by atoms with E-state index < -0.39 is 18.0 Å². The molecule has 1 atom stereocenters. The Balaban J connectivity index is 1.82. The molecule has 0 saturated heterocycles. The van der Waals surface area contributed by atoms with Gasteiger partial charge in [-0.15, -0.1) is 0 Å². The number of esters is 1. The molecule has 0 aromatic heterocycles. The van der Waals surface area contributed by atoms with Crippen LogP contribution in [0, 0.1) is 0 Å². The lowest BCUT2D eigenvalue weighted by Gasteiger charge is -2.27. The van der Waals surface area contributed by atoms with Crippen molar-refractivity contribution in [2.45, 2.75) is 19.8 Å². The molecule has 6 heteroatoms. The van der Waals surface area contributed by atoms with Gasteiger partial charge in [-0.2, -0.15) is 0 Å². The highest BCUT2D eigenvalue weighted by Crippen LogP contribution is 2.42. The smallest absolute Gasteiger partial charge is 0.456 e. The van der Waals surface area contributed by atoms with Crippen LogP contribution >= 0.6 is 0 Å². The predicted octanol–water partition coefficient (Wildman–Crippen LogP) is 3.74. The molecule has 0 radical (unpaired) electrons. The van der Waals surface area contributed by atoms with E-state index in [4.69, 9.17) is 14.2 Å². The Bertz CT molecular complexity index is 1000. The van der Waals surface area contributed by atoms with E-state index in [0.717, 1.165) is 16.3 Å². The molecule has 0 aliphatic carbocycles. The van der Waals surface area contributed by atoms with E-state index in [9.17, 15) is 9.59 Å². The predicted molar refractivity (Wildman–Crippen MR) is 98.6 cm³/mol. The summed E-state index contributed by atoms with van der Waals surface area (Å²) in [4.78, 5) is 24.4. The van der Waals surface area contributed by atoms with Crippen molar-refractivity contribution in [3.05, 3.63) is 70.8 Å². The summed E-state index contributed by atoms with van der Waals surface area (Å²) in [5.41, 5.74) is 2.67. The summed E-state index contributed by atoms with van der Waals surface area (Å²) in [6.45, 7) is 3.89. The van der Waals surface area contributed by atoms with Crippen LogP contribution in [0.2, 0.25) is 0 Å². The number of hydrogen-bond donors (Lipinski definition) is 1. The first-order chi connectivity index (χ1) is 13.1. The summed E-state index contributed by atoms with van der Waals surface area (Å²) >= 11 is 0. The van der Waals surface area contributed by atoms with Gasteiger partial charge in [0, 0.05) is 0 Å². The molecule has 138 valence electrons. The van der Waals surface area contributed by atoms with Gasteiger partial charge in [0.05, 0.1) is 29.5 Å². The largest absolute Gasteiger partial charge is 0.513 e. The van der Waals surface area contributed by atoms with Crippen LogP contribution in [0.4, 0.5) is 4.79 Å². The molecule has 6 nitrogen and oxygen atoms in total. The molecule has 0 fully saturated rings. The van der Waals surface area contributed by atoms with E-state index in [0.29, 0.717) is 22.7 Å². The first-order valence-electron chi connectivity index (χ1n) is 8.79. The summed E-state index contributed by atoms with van der Waals surface area (Å²) in [7, 11) is 0. The van der Waals surface area contributed by atoms with Gasteiger partial charge < -0.3 is 19.5 Å². The zero-order chi connectivity index (χ0) is 19.0. The summed E-state index contributed by atoms with van der Waals surface area (Å²) in [5, 5.41) is 5.25. The van der Waals surface area contributed by atoms with Crippen LogP contribution in [0.5, 0.6) is 0 Å². The minimum Gasteiger partial charge on any atom is -0.456 e. The SMILES string of the molecule is CCOC(=O)OC1=C(C)NC2=C(C(=O)OC2)C1c1ccc2ccccc2c1. The zero-order valence-corrected chi connectivity index (χ0v) is 15.1. The topological polar surface area (TPSA) is 73.9 Å². The van der Waals surface area contributed by atoms with Crippen LogP contribution in [-0.4, -0.2) is 25.3 Å². The molecule has 2 aromatic rings. The van der Waals surface area contributed by atoms with Gasteiger partial charge in [-0.1, -0.05) is 42.5 Å². The van der Waals surface area contributed by atoms with Crippen LogP contribution in [0.3, 0.4) is 0 Å². The molecule has 0 amide bonds. The number of ether oxygens (including phenoxy) is 3. The quantitative estimate of drug-likeness (QED) is 0.836. The van der Waals surface area contributed by atoms with E-state index in [1.54, 1.807) is 13.8 Å². The lowest BCUT2D eigenvalue weighted by atomic mass is 9.85. The summed E-state index contributed by atoms with van der Waals surface area (Å²) in [6, 6.07) is 13.9.